The number of thiophene rings is 1. The van der Waals surface area contributed by atoms with Gasteiger partial charge in [0.1, 0.15) is 27.7 Å². The first kappa shape index (κ1) is 33.7. The van der Waals surface area contributed by atoms with Crippen LogP contribution in [-0.2, 0) is 27.2 Å². The van der Waals surface area contributed by atoms with Gasteiger partial charge >= 0.3 is 12.1 Å². The molecule has 0 bridgehead atoms. The molecule has 1 aliphatic rings. The largest absolute Gasteiger partial charge is 0.496 e. The number of hydrogen-bond acceptors (Lipinski definition) is 10. The first-order valence-electron chi connectivity index (χ1n) is 14.3. The minimum Gasteiger partial charge on any atom is -0.496 e. The van der Waals surface area contributed by atoms with Crippen LogP contribution in [0.2, 0.25) is 0 Å². The predicted molar refractivity (Wildman–Crippen MR) is 174 cm³/mol. The summed E-state index contributed by atoms with van der Waals surface area (Å²) in [5.74, 6) is -0.428. The SMILES string of the molecule is CCOC(=O)c1c(NC(=O)CSc2cccc(NC(=O)c3c(OC)cccc3OC)c2)sc2c1CCN(C(=O)OC(C)(C)C)C2. The van der Waals surface area contributed by atoms with Crippen LogP contribution in [-0.4, -0.2) is 67.5 Å². The number of carbonyl (C=O) groups is 4. The number of nitrogens with zero attached hydrogens (tertiary/aromatic N) is 1. The van der Waals surface area contributed by atoms with Gasteiger partial charge in [0.15, 0.2) is 0 Å². The standard InChI is InChI=1S/C32H37N3O8S2/c1-7-42-30(38)26-21-14-15-35(31(39)43-32(2,3)4)17-24(21)45-29(26)34-25(36)18-44-20-11-8-10-19(16-20)33-28(37)27-22(40-5)12-9-13-23(27)41-6/h8-13,16H,7,14-15,17-18H2,1-6H3,(H,33,37)(H,34,36). The second-order valence-corrected chi connectivity index (χ2v) is 13.1. The Morgan fingerprint density at radius 3 is 2.31 bits per heavy atom. The van der Waals surface area contributed by atoms with E-state index in [0.29, 0.717) is 40.7 Å². The number of fused-ring (bicyclic) bond motifs is 1. The average molecular weight is 656 g/mol. The summed E-state index contributed by atoms with van der Waals surface area (Å²) >= 11 is 2.53. The summed E-state index contributed by atoms with van der Waals surface area (Å²) < 4.78 is 21.5. The lowest BCUT2D eigenvalue weighted by Crippen LogP contribution is -2.39. The number of methoxy groups -OCH3 is 2. The number of carbonyl (C=O) groups excluding carboxylic acids is 4. The molecule has 11 nitrogen and oxygen atoms in total. The fourth-order valence-electron chi connectivity index (χ4n) is 4.64. The second kappa shape index (κ2) is 14.7. The van der Waals surface area contributed by atoms with Gasteiger partial charge in [0.2, 0.25) is 5.91 Å². The highest BCUT2D eigenvalue weighted by atomic mass is 32.2. The molecule has 13 heteroatoms. The second-order valence-electron chi connectivity index (χ2n) is 10.9. The first-order valence-corrected chi connectivity index (χ1v) is 16.1. The first-order chi connectivity index (χ1) is 21.4. The van der Waals surface area contributed by atoms with E-state index in [0.717, 1.165) is 15.3 Å². The number of ether oxygens (including phenoxy) is 4. The highest BCUT2D eigenvalue weighted by Gasteiger charge is 2.32. The van der Waals surface area contributed by atoms with Crippen molar-refractivity contribution in [3.05, 3.63) is 64.0 Å². The van der Waals surface area contributed by atoms with Crippen molar-refractivity contribution in [2.24, 2.45) is 0 Å². The van der Waals surface area contributed by atoms with Crippen molar-refractivity contribution in [2.45, 2.75) is 51.2 Å². The van der Waals surface area contributed by atoms with Gasteiger partial charge in [-0.05, 0) is 70.0 Å². The molecule has 0 fully saturated rings. The molecule has 2 heterocycles. The molecule has 2 N–H and O–H groups in total. The van der Waals surface area contributed by atoms with Crippen molar-refractivity contribution < 1.29 is 38.1 Å². The van der Waals surface area contributed by atoms with Crippen LogP contribution in [0.4, 0.5) is 15.5 Å². The Hall–Kier alpha value is -4.23. The summed E-state index contributed by atoms with van der Waals surface area (Å²) in [4.78, 5) is 54.9. The third-order valence-electron chi connectivity index (χ3n) is 6.56. The maximum atomic E-state index is 13.1. The Balaban J connectivity index is 1.44. The predicted octanol–water partition coefficient (Wildman–Crippen LogP) is 6.22. The molecular formula is C32H37N3O8S2. The minimum absolute atomic E-state index is 0.0482. The van der Waals surface area contributed by atoms with E-state index < -0.39 is 23.6 Å². The number of amides is 3. The van der Waals surface area contributed by atoms with Crippen molar-refractivity contribution in [3.63, 3.8) is 0 Å². The van der Waals surface area contributed by atoms with Crippen LogP contribution in [0.3, 0.4) is 0 Å². The van der Waals surface area contributed by atoms with E-state index in [2.05, 4.69) is 10.6 Å². The number of benzene rings is 2. The Labute approximate surface area is 270 Å². The molecule has 0 radical (unpaired) electrons. The Morgan fingerprint density at radius 2 is 1.67 bits per heavy atom. The molecule has 0 unspecified atom stereocenters. The van der Waals surface area contributed by atoms with Crippen molar-refractivity contribution >= 4 is 57.7 Å². The van der Waals surface area contributed by atoms with Gasteiger partial charge in [-0.15, -0.1) is 23.1 Å². The fraction of sp³-hybridized carbons (Fsp3) is 0.375. The van der Waals surface area contributed by atoms with Crippen LogP contribution >= 0.6 is 23.1 Å². The zero-order chi connectivity index (χ0) is 32.7. The monoisotopic (exact) mass is 655 g/mol. The Bertz CT molecular complexity index is 1560. The molecule has 0 saturated heterocycles. The molecule has 45 heavy (non-hydrogen) atoms. The third kappa shape index (κ3) is 8.49. The molecular weight excluding hydrogens is 618 g/mol. The maximum absolute atomic E-state index is 13.1. The number of thioether (sulfide) groups is 1. The lowest BCUT2D eigenvalue weighted by Gasteiger charge is -2.30. The van der Waals surface area contributed by atoms with Gasteiger partial charge in [0.05, 0.1) is 38.7 Å². The lowest BCUT2D eigenvalue weighted by atomic mass is 10.0. The molecule has 0 spiro atoms. The van der Waals surface area contributed by atoms with Gasteiger partial charge in [-0.2, -0.15) is 0 Å². The normalized spacial score (nSPS) is 12.5. The van der Waals surface area contributed by atoms with Gasteiger partial charge in [0.25, 0.3) is 5.91 Å². The number of esters is 1. The molecule has 1 aliphatic heterocycles. The highest BCUT2D eigenvalue weighted by molar-refractivity contribution is 8.00. The van der Waals surface area contributed by atoms with Crippen molar-refractivity contribution in [1.82, 2.24) is 4.90 Å². The number of hydrogen-bond donors (Lipinski definition) is 2. The molecule has 3 aromatic rings. The summed E-state index contributed by atoms with van der Waals surface area (Å²) in [5.41, 5.74) is 1.27. The van der Waals surface area contributed by atoms with E-state index in [1.165, 1.54) is 37.3 Å². The van der Waals surface area contributed by atoms with Gasteiger partial charge in [-0.1, -0.05) is 12.1 Å². The fourth-order valence-corrected chi connectivity index (χ4v) is 6.66. The van der Waals surface area contributed by atoms with E-state index in [-0.39, 0.29) is 30.4 Å². The summed E-state index contributed by atoms with van der Waals surface area (Å²) in [7, 11) is 2.96. The lowest BCUT2D eigenvalue weighted by molar-refractivity contribution is -0.113. The van der Waals surface area contributed by atoms with E-state index >= 15 is 0 Å². The van der Waals surface area contributed by atoms with Crippen LogP contribution in [0, 0.1) is 0 Å². The van der Waals surface area contributed by atoms with Crippen LogP contribution in [0.5, 0.6) is 11.5 Å². The number of rotatable bonds is 10. The van der Waals surface area contributed by atoms with Crippen molar-refractivity contribution in [3.8, 4) is 11.5 Å². The smallest absolute Gasteiger partial charge is 0.410 e. The van der Waals surface area contributed by atoms with E-state index in [1.54, 1.807) is 48.2 Å². The van der Waals surface area contributed by atoms with E-state index in [4.69, 9.17) is 18.9 Å². The molecule has 1 aromatic heterocycles. The quantitative estimate of drug-likeness (QED) is 0.193. The molecule has 0 saturated carbocycles. The minimum atomic E-state index is -0.631. The summed E-state index contributed by atoms with van der Waals surface area (Å²) in [6.07, 6.45) is 0.00462. The van der Waals surface area contributed by atoms with E-state index in [1.807, 2.05) is 26.8 Å². The zero-order valence-corrected chi connectivity index (χ0v) is 27.7. The number of anilines is 2. The van der Waals surface area contributed by atoms with Crippen molar-refractivity contribution in [2.75, 3.05) is 43.8 Å². The van der Waals surface area contributed by atoms with Gasteiger partial charge in [0, 0.05) is 22.0 Å². The average Bonchev–Trinajstić information content (AvgIpc) is 3.36. The van der Waals surface area contributed by atoms with Crippen LogP contribution in [0.15, 0.2) is 47.4 Å². The third-order valence-corrected chi connectivity index (χ3v) is 8.68. The van der Waals surface area contributed by atoms with Crippen molar-refractivity contribution in [1.29, 1.82) is 0 Å². The Morgan fingerprint density at radius 1 is 0.978 bits per heavy atom. The molecule has 0 atom stereocenters. The molecule has 0 aliphatic carbocycles. The van der Waals surface area contributed by atoms with Crippen LogP contribution in [0.1, 0.15) is 58.9 Å². The molecule has 2 aromatic carbocycles. The van der Waals surface area contributed by atoms with Crippen LogP contribution < -0.4 is 20.1 Å². The summed E-state index contributed by atoms with van der Waals surface area (Å²) in [6, 6.07) is 12.2. The van der Waals surface area contributed by atoms with E-state index in [9.17, 15) is 19.2 Å². The topological polar surface area (TPSA) is 132 Å². The van der Waals surface area contributed by atoms with Gasteiger partial charge in [-0.25, -0.2) is 9.59 Å². The van der Waals surface area contributed by atoms with Gasteiger partial charge in [-0.3, -0.25) is 9.59 Å². The summed E-state index contributed by atoms with van der Waals surface area (Å²) in [5, 5.41) is 6.13. The number of nitrogens with one attached hydrogen (secondary N) is 2. The molecule has 4 rings (SSSR count). The van der Waals surface area contributed by atoms with Crippen LogP contribution in [0.25, 0.3) is 0 Å². The molecule has 240 valence electrons. The zero-order valence-electron chi connectivity index (χ0n) is 26.1. The highest BCUT2D eigenvalue weighted by Crippen LogP contribution is 2.38. The molecule has 3 amide bonds. The Kier molecular flexibility index (Phi) is 11.0. The van der Waals surface area contributed by atoms with Gasteiger partial charge < -0.3 is 34.5 Å². The summed E-state index contributed by atoms with van der Waals surface area (Å²) in [6.45, 7) is 7.98. The maximum Gasteiger partial charge on any atom is 0.410 e.